The average Bonchev–Trinajstić information content (AvgIpc) is 3.09. The molecule has 3 rings (SSSR count). The van der Waals surface area contributed by atoms with Gasteiger partial charge in [-0.15, -0.1) is 0 Å². The summed E-state index contributed by atoms with van der Waals surface area (Å²) < 4.78 is 34.7. The summed E-state index contributed by atoms with van der Waals surface area (Å²) in [5.41, 5.74) is 1.63. The largest absolute Gasteiger partial charge is 0.469 e. The number of carbonyl (C=O) groups is 2. The molecule has 3 aromatic rings. The lowest BCUT2D eigenvalue weighted by Gasteiger charge is -2.25. The molecule has 1 amide bonds. The molecular formula is C23H25NO6S. The first-order valence-corrected chi connectivity index (χ1v) is 11.8. The van der Waals surface area contributed by atoms with Crippen LogP contribution in [-0.2, 0) is 31.7 Å². The number of methoxy groups -OCH3 is 1. The number of carbonyl (C=O) groups excluding carboxylic acids is 2. The molecule has 0 aliphatic heterocycles. The summed E-state index contributed by atoms with van der Waals surface area (Å²) in [6.07, 6.45) is 1.12. The molecule has 31 heavy (non-hydrogen) atoms. The maximum Gasteiger partial charge on any atom is 0.310 e. The van der Waals surface area contributed by atoms with Crippen molar-refractivity contribution in [3.05, 3.63) is 71.5 Å². The van der Waals surface area contributed by atoms with Gasteiger partial charge in [0.15, 0.2) is 15.6 Å². The Morgan fingerprint density at radius 1 is 1.06 bits per heavy atom. The summed E-state index contributed by atoms with van der Waals surface area (Å²) in [6.45, 7) is 2.00. The molecule has 1 aromatic heterocycles. The van der Waals surface area contributed by atoms with Crippen LogP contribution in [0.15, 0.2) is 59.0 Å². The van der Waals surface area contributed by atoms with E-state index in [9.17, 15) is 18.0 Å². The third-order valence-electron chi connectivity index (χ3n) is 4.90. The normalized spacial score (nSPS) is 12.5. The molecule has 8 heteroatoms. The van der Waals surface area contributed by atoms with Crippen molar-refractivity contribution in [2.24, 2.45) is 5.92 Å². The van der Waals surface area contributed by atoms with E-state index < -0.39 is 27.6 Å². The van der Waals surface area contributed by atoms with Crippen LogP contribution in [0, 0.1) is 5.92 Å². The number of benzene rings is 2. The highest BCUT2D eigenvalue weighted by Crippen LogP contribution is 2.29. The second-order valence-electron chi connectivity index (χ2n) is 7.57. The van der Waals surface area contributed by atoms with Gasteiger partial charge in [-0.05, 0) is 11.6 Å². The van der Waals surface area contributed by atoms with Crippen LogP contribution in [0.5, 0.6) is 0 Å². The first kappa shape index (κ1) is 22.6. The van der Waals surface area contributed by atoms with Gasteiger partial charge in [-0.2, -0.15) is 0 Å². The number of hydrogen-bond donors (Lipinski definition) is 0. The van der Waals surface area contributed by atoms with Crippen LogP contribution in [0.2, 0.25) is 0 Å². The highest BCUT2D eigenvalue weighted by atomic mass is 32.2. The third kappa shape index (κ3) is 5.52. The van der Waals surface area contributed by atoms with Gasteiger partial charge in [0.2, 0.25) is 0 Å². The van der Waals surface area contributed by atoms with E-state index in [1.54, 1.807) is 31.2 Å². The topological polar surface area (TPSA) is 93.9 Å². The number of hydrogen-bond acceptors (Lipinski definition) is 6. The van der Waals surface area contributed by atoms with Crippen molar-refractivity contribution in [3.63, 3.8) is 0 Å². The van der Waals surface area contributed by atoms with Crippen molar-refractivity contribution in [1.82, 2.24) is 4.90 Å². The molecule has 0 bridgehead atoms. The van der Waals surface area contributed by atoms with Crippen LogP contribution >= 0.6 is 0 Å². The molecule has 1 heterocycles. The van der Waals surface area contributed by atoms with Crippen molar-refractivity contribution in [2.75, 3.05) is 19.9 Å². The Morgan fingerprint density at radius 3 is 2.35 bits per heavy atom. The summed E-state index contributed by atoms with van der Waals surface area (Å²) in [5, 5.41) is 0.581. The molecule has 7 nitrogen and oxygen atoms in total. The summed E-state index contributed by atoms with van der Waals surface area (Å²) in [7, 11) is -2.13. The second-order valence-corrected chi connectivity index (χ2v) is 9.71. The van der Waals surface area contributed by atoms with Gasteiger partial charge in [-0.1, -0.05) is 55.5 Å². The van der Waals surface area contributed by atoms with Gasteiger partial charge < -0.3 is 14.1 Å². The fourth-order valence-corrected chi connectivity index (χ4v) is 4.26. The van der Waals surface area contributed by atoms with E-state index in [2.05, 4.69) is 0 Å². The van der Waals surface area contributed by atoms with Gasteiger partial charge >= 0.3 is 5.97 Å². The molecule has 1 atom stereocenters. The predicted octanol–water partition coefficient (Wildman–Crippen LogP) is 3.43. The van der Waals surface area contributed by atoms with Crippen molar-refractivity contribution >= 4 is 32.7 Å². The van der Waals surface area contributed by atoms with E-state index in [4.69, 9.17) is 9.15 Å². The Bertz CT molecular complexity index is 1180. The van der Waals surface area contributed by atoms with Crippen LogP contribution in [0.3, 0.4) is 0 Å². The van der Waals surface area contributed by atoms with E-state index in [1.807, 2.05) is 30.3 Å². The Balaban J connectivity index is 2.04. The lowest BCUT2D eigenvalue weighted by atomic mass is 10.1. The molecular weight excluding hydrogens is 418 g/mol. The standard InChI is InChI=1S/C23H25NO6S/c1-16(23(26)29-2)13-24(14-17-9-5-4-6-10-17)22(25)21-19(15-31(3,27)28)18-11-7-8-12-20(18)30-21/h4-12,16H,13-15H2,1-3H3. The summed E-state index contributed by atoms with van der Waals surface area (Å²) in [5.74, 6) is -1.84. The lowest BCUT2D eigenvalue weighted by molar-refractivity contribution is -0.145. The maximum atomic E-state index is 13.6. The molecule has 0 fully saturated rings. The quantitative estimate of drug-likeness (QED) is 0.495. The van der Waals surface area contributed by atoms with E-state index in [-0.39, 0.29) is 24.6 Å². The molecule has 0 N–H and O–H groups in total. The molecule has 0 radical (unpaired) electrons. The first-order valence-electron chi connectivity index (χ1n) is 9.78. The number of esters is 1. The summed E-state index contributed by atoms with van der Waals surface area (Å²) in [4.78, 5) is 27.0. The molecule has 0 aliphatic carbocycles. The molecule has 164 valence electrons. The average molecular weight is 444 g/mol. The lowest BCUT2D eigenvalue weighted by Crippen LogP contribution is -2.37. The Morgan fingerprint density at radius 2 is 1.71 bits per heavy atom. The number of furan rings is 1. The monoisotopic (exact) mass is 443 g/mol. The molecule has 0 aliphatic rings. The van der Waals surface area contributed by atoms with Gasteiger partial charge in [-0.3, -0.25) is 9.59 Å². The summed E-state index contributed by atoms with van der Waals surface area (Å²) in [6, 6.07) is 16.3. The zero-order valence-corrected chi connectivity index (χ0v) is 18.5. The first-order chi connectivity index (χ1) is 14.7. The Hall–Kier alpha value is -3.13. The number of amides is 1. The minimum atomic E-state index is -3.42. The van der Waals surface area contributed by atoms with Gasteiger partial charge in [0.1, 0.15) is 5.58 Å². The minimum Gasteiger partial charge on any atom is -0.469 e. The molecule has 0 spiro atoms. The van der Waals surface area contributed by atoms with E-state index >= 15 is 0 Å². The maximum absolute atomic E-state index is 13.6. The number of ether oxygens (including phenoxy) is 1. The van der Waals surface area contributed by atoms with Crippen molar-refractivity contribution in [1.29, 1.82) is 0 Å². The van der Waals surface area contributed by atoms with Crippen LogP contribution < -0.4 is 0 Å². The number of fused-ring (bicyclic) bond motifs is 1. The Kier molecular flexibility index (Phi) is 6.80. The van der Waals surface area contributed by atoms with Crippen LogP contribution in [-0.4, -0.2) is 45.1 Å². The fraction of sp³-hybridized carbons (Fsp3) is 0.304. The van der Waals surface area contributed by atoms with E-state index in [1.165, 1.54) is 12.0 Å². The predicted molar refractivity (Wildman–Crippen MR) is 117 cm³/mol. The zero-order chi connectivity index (χ0) is 22.6. The number of sulfone groups is 1. The Labute approximate surface area is 181 Å². The van der Waals surface area contributed by atoms with Crippen LogP contribution in [0.1, 0.15) is 28.6 Å². The molecule has 0 saturated carbocycles. The van der Waals surface area contributed by atoms with E-state index in [0.29, 0.717) is 16.5 Å². The number of rotatable bonds is 8. The number of nitrogens with zero attached hydrogens (tertiary/aromatic N) is 1. The fourth-order valence-electron chi connectivity index (χ4n) is 3.45. The van der Waals surface area contributed by atoms with Crippen molar-refractivity contribution in [2.45, 2.75) is 19.2 Å². The van der Waals surface area contributed by atoms with Gasteiger partial charge in [0.05, 0.1) is 18.8 Å². The highest BCUT2D eigenvalue weighted by Gasteiger charge is 2.29. The zero-order valence-electron chi connectivity index (χ0n) is 17.7. The van der Waals surface area contributed by atoms with Crippen molar-refractivity contribution in [3.8, 4) is 0 Å². The molecule has 0 saturated heterocycles. The van der Waals surface area contributed by atoms with Gasteiger partial charge in [0.25, 0.3) is 5.91 Å². The van der Waals surface area contributed by atoms with Crippen LogP contribution in [0.25, 0.3) is 11.0 Å². The highest BCUT2D eigenvalue weighted by molar-refractivity contribution is 7.89. The van der Waals surface area contributed by atoms with Crippen molar-refractivity contribution < 1.29 is 27.2 Å². The van der Waals surface area contributed by atoms with Gasteiger partial charge in [-0.25, -0.2) is 8.42 Å². The molecule has 1 unspecified atom stereocenters. The number of para-hydroxylation sites is 1. The minimum absolute atomic E-state index is 0.0281. The summed E-state index contributed by atoms with van der Waals surface area (Å²) >= 11 is 0. The van der Waals surface area contributed by atoms with E-state index in [0.717, 1.165) is 11.8 Å². The smallest absolute Gasteiger partial charge is 0.310 e. The second kappa shape index (κ2) is 9.34. The van der Waals surface area contributed by atoms with Gasteiger partial charge in [0, 0.05) is 30.3 Å². The SMILES string of the molecule is COC(=O)C(C)CN(Cc1ccccc1)C(=O)c1oc2ccccc2c1CS(C)(=O)=O. The third-order valence-corrected chi connectivity index (χ3v) is 5.71. The molecule has 2 aromatic carbocycles. The van der Waals surface area contributed by atoms with Crippen LogP contribution in [0.4, 0.5) is 0 Å².